The zero-order chi connectivity index (χ0) is 16.4. The van der Waals surface area contributed by atoms with Gasteiger partial charge in [0.2, 0.25) is 0 Å². The van der Waals surface area contributed by atoms with Crippen LogP contribution < -0.4 is 4.90 Å². The molecule has 1 amide bonds. The van der Waals surface area contributed by atoms with E-state index in [0.717, 1.165) is 0 Å². The van der Waals surface area contributed by atoms with Gasteiger partial charge in [-0.05, 0) is 40.8 Å². The second-order valence-electron chi connectivity index (χ2n) is 5.08. The van der Waals surface area contributed by atoms with Gasteiger partial charge < -0.3 is 9.47 Å². The summed E-state index contributed by atoms with van der Waals surface area (Å²) in [6.07, 6.45) is 0.875. The number of carbonyl (C=O) groups excluding carboxylic acids is 1. The monoisotopic (exact) mass is 432 g/mol. The maximum atomic E-state index is 13.7. The first-order valence-corrected chi connectivity index (χ1v) is 7.96. The van der Waals surface area contributed by atoms with Crippen LogP contribution in [0, 0.1) is 9.39 Å². The van der Waals surface area contributed by atoms with E-state index in [-0.39, 0.29) is 11.9 Å². The minimum atomic E-state index is -0.493. The van der Waals surface area contributed by atoms with Crippen LogP contribution in [-0.2, 0) is 22.6 Å². The molecule has 1 aromatic heterocycles. The second kappa shape index (κ2) is 6.79. The van der Waals surface area contributed by atoms with Crippen LogP contribution in [0.3, 0.4) is 0 Å². The largest absolute Gasteiger partial charge is 0.442 e. The third-order valence-corrected chi connectivity index (χ3v) is 4.23. The van der Waals surface area contributed by atoms with Gasteiger partial charge >= 0.3 is 6.09 Å². The molecule has 1 fully saturated rings. The highest BCUT2D eigenvalue weighted by molar-refractivity contribution is 14.1. The predicted molar refractivity (Wildman–Crippen MR) is 87.5 cm³/mol. The molecule has 0 bridgehead atoms. The molecule has 122 valence electrons. The molecule has 2 heterocycles. The van der Waals surface area contributed by atoms with E-state index >= 15 is 0 Å². The Labute approximate surface area is 145 Å². The van der Waals surface area contributed by atoms with Crippen molar-refractivity contribution in [2.75, 3.05) is 18.6 Å². The van der Waals surface area contributed by atoms with Gasteiger partial charge in [0.15, 0.2) is 0 Å². The van der Waals surface area contributed by atoms with Crippen LogP contribution in [0.2, 0.25) is 0 Å². The number of rotatable bonds is 5. The van der Waals surface area contributed by atoms with Crippen molar-refractivity contribution < 1.29 is 18.7 Å². The molecule has 1 saturated heterocycles. The summed E-state index contributed by atoms with van der Waals surface area (Å²) in [5, 5.41) is 7.91. The van der Waals surface area contributed by atoms with E-state index in [2.05, 4.69) is 10.3 Å². The number of carbonyl (C=O) groups is 1. The number of anilines is 1. The molecule has 1 atom stereocenters. The summed E-state index contributed by atoms with van der Waals surface area (Å²) >= 11 is 1.90. The summed E-state index contributed by atoms with van der Waals surface area (Å²) in [5.41, 5.74) is 1.18. The van der Waals surface area contributed by atoms with Crippen molar-refractivity contribution in [2.24, 2.45) is 0 Å². The average Bonchev–Trinajstić information content (AvgIpc) is 3.10. The second-order valence-corrected chi connectivity index (χ2v) is 6.24. The number of methoxy groups -OCH3 is 1. The number of nitrogens with zero attached hydrogens (tertiary/aromatic N) is 4. The van der Waals surface area contributed by atoms with Crippen molar-refractivity contribution in [1.82, 2.24) is 15.0 Å². The highest BCUT2D eigenvalue weighted by Gasteiger charge is 2.33. The highest BCUT2D eigenvalue weighted by Crippen LogP contribution is 2.25. The van der Waals surface area contributed by atoms with E-state index in [1.54, 1.807) is 30.1 Å². The standard InChI is InChI=1S/C14H14FIN4O3/c1-22-8-9-5-19(18-17-9)6-11-7-20(14(21)23-11)10-2-3-13(16)12(15)4-10/h2-5,11H,6-8H2,1H3. The topological polar surface area (TPSA) is 69.5 Å². The van der Waals surface area contributed by atoms with Crippen molar-refractivity contribution in [3.05, 3.63) is 39.5 Å². The molecule has 23 heavy (non-hydrogen) atoms. The molecule has 0 saturated carbocycles. The Morgan fingerprint density at radius 3 is 3.09 bits per heavy atom. The normalized spacial score (nSPS) is 17.6. The third kappa shape index (κ3) is 3.61. The lowest BCUT2D eigenvalue weighted by atomic mass is 10.2. The Bertz CT molecular complexity index is 724. The zero-order valence-electron chi connectivity index (χ0n) is 12.3. The number of halogens is 2. The number of hydrogen-bond acceptors (Lipinski definition) is 5. The van der Waals surface area contributed by atoms with Gasteiger partial charge in [0.25, 0.3) is 0 Å². The fourth-order valence-electron chi connectivity index (χ4n) is 2.33. The van der Waals surface area contributed by atoms with Crippen molar-refractivity contribution in [2.45, 2.75) is 19.3 Å². The lowest BCUT2D eigenvalue weighted by Gasteiger charge is -2.13. The molecule has 0 radical (unpaired) electrons. The summed E-state index contributed by atoms with van der Waals surface area (Å²) in [4.78, 5) is 13.4. The zero-order valence-corrected chi connectivity index (χ0v) is 14.4. The van der Waals surface area contributed by atoms with Crippen LogP contribution in [0.15, 0.2) is 24.4 Å². The molecular weight excluding hydrogens is 418 g/mol. The van der Waals surface area contributed by atoms with Crippen LogP contribution in [0.1, 0.15) is 5.69 Å². The Balaban J connectivity index is 1.67. The molecular formula is C14H14FIN4O3. The molecule has 9 heteroatoms. The van der Waals surface area contributed by atoms with Gasteiger partial charge in [-0.15, -0.1) is 5.10 Å². The van der Waals surface area contributed by atoms with Crippen molar-refractivity contribution >= 4 is 34.4 Å². The Morgan fingerprint density at radius 2 is 2.35 bits per heavy atom. The summed E-state index contributed by atoms with van der Waals surface area (Å²) in [6, 6.07) is 4.65. The molecule has 7 nitrogen and oxygen atoms in total. The van der Waals surface area contributed by atoms with E-state index in [9.17, 15) is 9.18 Å². The molecule has 0 spiro atoms. The number of aromatic nitrogens is 3. The van der Waals surface area contributed by atoms with Crippen molar-refractivity contribution in [1.29, 1.82) is 0 Å². The first-order chi connectivity index (χ1) is 11.1. The summed E-state index contributed by atoms with van der Waals surface area (Å²) in [7, 11) is 1.58. The molecule has 1 aliphatic heterocycles. The minimum Gasteiger partial charge on any atom is -0.442 e. The smallest absolute Gasteiger partial charge is 0.414 e. The maximum absolute atomic E-state index is 13.7. The molecule has 2 aromatic rings. The first kappa shape index (κ1) is 16.1. The van der Waals surface area contributed by atoms with Gasteiger partial charge in [-0.3, -0.25) is 4.90 Å². The lowest BCUT2D eigenvalue weighted by molar-refractivity contribution is 0.129. The molecule has 1 aromatic carbocycles. The lowest BCUT2D eigenvalue weighted by Crippen LogP contribution is -2.26. The van der Waals surface area contributed by atoms with Crippen LogP contribution in [-0.4, -0.2) is 40.8 Å². The Morgan fingerprint density at radius 1 is 1.52 bits per heavy atom. The summed E-state index contributed by atoms with van der Waals surface area (Å²) < 4.78 is 26.1. The van der Waals surface area contributed by atoms with Crippen LogP contribution in [0.5, 0.6) is 0 Å². The predicted octanol–water partition coefficient (Wildman–Crippen LogP) is 2.19. The number of hydrogen-bond donors (Lipinski definition) is 0. The van der Waals surface area contributed by atoms with E-state index in [1.165, 1.54) is 11.0 Å². The molecule has 3 rings (SSSR count). The van der Waals surface area contributed by atoms with E-state index < -0.39 is 6.09 Å². The van der Waals surface area contributed by atoms with Gasteiger partial charge in [0.05, 0.1) is 31.6 Å². The molecule has 0 aliphatic carbocycles. The third-order valence-electron chi connectivity index (χ3n) is 3.36. The summed E-state index contributed by atoms with van der Waals surface area (Å²) in [5.74, 6) is -0.361. The maximum Gasteiger partial charge on any atom is 0.414 e. The van der Waals surface area contributed by atoms with Crippen molar-refractivity contribution in [3.8, 4) is 0 Å². The number of benzene rings is 1. The molecule has 1 aliphatic rings. The Kier molecular flexibility index (Phi) is 4.76. The first-order valence-electron chi connectivity index (χ1n) is 6.88. The highest BCUT2D eigenvalue weighted by atomic mass is 127. The van der Waals surface area contributed by atoms with Gasteiger partial charge in [0.1, 0.15) is 17.6 Å². The fraction of sp³-hybridized carbons (Fsp3) is 0.357. The average molecular weight is 432 g/mol. The van der Waals surface area contributed by atoms with Crippen molar-refractivity contribution in [3.63, 3.8) is 0 Å². The number of ether oxygens (including phenoxy) is 2. The fourth-order valence-corrected chi connectivity index (χ4v) is 2.67. The van der Waals surface area contributed by atoms with Gasteiger partial charge in [-0.1, -0.05) is 5.21 Å². The SMILES string of the molecule is COCc1cn(CC2CN(c3ccc(I)c(F)c3)C(=O)O2)nn1. The quantitative estimate of drug-likeness (QED) is 0.678. The van der Waals surface area contributed by atoms with Gasteiger partial charge in [-0.25, -0.2) is 13.9 Å². The van der Waals surface area contributed by atoms with Gasteiger partial charge in [0, 0.05) is 10.7 Å². The van der Waals surface area contributed by atoms with Gasteiger partial charge in [-0.2, -0.15) is 0 Å². The van der Waals surface area contributed by atoms with Crippen LogP contribution in [0.25, 0.3) is 0 Å². The Hall–Kier alpha value is -1.75. The minimum absolute atomic E-state index is 0.332. The molecule has 0 N–H and O–H groups in total. The van der Waals surface area contributed by atoms with Crippen LogP contribution in [0.4, 0.5) is 14.9 Å². The summed E-state index contributed by atoms with van der Waals surface area (Å²) in [6.45, 7) is 1.09. The van der Waals surface area contributed by atoms with E-state index in [4.69, 9.17) is 9.47 Å². The van der Waals surface area contributed by atoms with E-state index in [1.807, 2.05) is 22.6 Å². The van der Waals surface area contributed by atoms with E-state index in [0.29, 0.717) is 34.6 Å². The molecule has 1 unspecified atom stereocenters. The van der Waals surface area contributed by atoms with Crippen LogP contribution >= 0.6 is 22.6 Å². The number of cyclic esters (lactones) is 1. The number of amides is 1.